The molecule has 0 aliphatic carbocycles. The van der Waals surface area contributed by atoms with Crippen LogP contribution >= 0.6 is 23.2 Å². The van der Waals surface area contributed by atoms with Gasteiger partial charge in [0.15, 0.2) is 12.4 Å². The molecule has 0 bridgehead atoms. The summed E-state index contributed by atoms with van der Waals surface area (Å²) in [6, 6.07) is 20.0. The van der Waals surface area contributed by atoms with Crippen molar-refractivity contribution in [2.75, 3.05) is 11.9 Å². The molecule has 1 atom stereocenters. The second-order valence-electron chi connectivity index (χ2n) is 6.27. The molecular weight excluding hydrogens is 381 g/mol. The summed E-state index contributed by atoms with van der Waals surface area (Å²) in [4.78, 5) is 16.5. The second-order valence-corrected chi connectivity index (χ2v) is 7.11. The molecule has 1 heterocycles. The smallest absolute Gasteiger partial charge is 0.280 e. The highest BCUT2D eigenvalue weighted by Gasteiger charge is 2.19. The van der Waals surface area contributed by atoms with Crippen LogP contribution in [0.4, 0.5) is 5.82 Å². The fourth-order valence-corrected chi connectivity index (χ4v) is 3.24. The summed E-state index contributed by atoms with van der Waals surface area (Å²) in [7, 11) is 0. The van der Waals surface area contributed by atoms with Gasteiger partial charge < -0.3 is 10.6 Å². The zero-order chi connectivity index (χ0) is 19.2. The highest BCUT2D eigenvalue weighted by Crippen LogP contribution is 2.22. The Labute approximate surface area is 168 Å². The quantitative estimate of drug-likeness (QED) is 0.656. The van der Waals surface area contributed by atoms with Crippen molar-refractivity contribution in [2.45, 2.75) is 13.0 Å². The van der Waals surface area contributed by atoms with Gasteiger partial charge in [-0.15, -0.1) is 0 Å². The first-order valence-corrected chi connectivity index (χ1v) is 9.34. The predicted molar refractivity (Wildman–Crippen MR) is 109 cm³/mol. The molecular formula is C21H20Cl2N3O+. The zero-order valence-corrected chi connectivity index (χ0v) is 16.3. The minimum atomic E-state index is -0.181. The van der Waals surface area contributed by atoms with Crippen LogP contribution in [0.1, 0.15) is 22.7 Å². The van der Waals surface area contributed by atoms with E-state index in [0.717, 1.165) is 11.1 Å². The first kappa shape index (κ1) is 19.4. The number of hydrogen-bond acceptors (Lipinski definition) is 2. The normalized spacial score (nSPS) is 11.8. The molecule has 3 N–H and O–H groups in total. The summed E-state index contributed by atoms with van der Waals surface area (Å²) >= 11 is 11.9. The summed E-state index contributed by atoms with van der Waals surface area (Å²) in [5, 5.41) is 5.47. The number of benzene rings is 2. The van der Waals surface area contributed by atoms with Gasteiger partial charge >= 0.3 is 0 Å². The lowest BCUT2D eigenvalue weighted by molar-refractivity contribution is -0.676. The molecule has 138 valence electrons. The largest absolute Gasteiger partial charge is 0.328 e. The third-order valence-electron chi connectivity index (χ3n) is 4.20. The first-order chi connectivity index (χ1) is 13.0. The van der Waals surface area contributed by atoms with Crippen LogP contribution in [0.3, 0.4) is 0 Å². The van der Waals surface area contributed by atoms with Gasteiger partial charge in [0, 0.05) is 17.3 Å². The van der Waals surface area contributed by atoms with Gasteiger partial charge in [0.2, 0.25) is 0 Å². The topological polar surface area (TPSA) is 58.6 Å². The Kier molecular flexibility index (Phi) is 6.45. The molecule has 0 radical (unpaired) electrons. The highest BCUT2D eigenvalue weighted by molar-refractivity contribution is 6.36. The molecule has 6 heteroatoms. The van der Waals surface area contributed by atoms with Crippen LogP contribution in [0, 0.1) is 6.92 Å². The molecule has 0 spiro atoms. The number of quaternary nitrogens is 1. The van der Waals surface area contributed by atoms with Gasteiger partial charge in [-0.05, 0) is 13.0 Å². The number of nitrogens with zero attached hydrogens (tertiary/aromatic N) is 1. The van der Waals surface area contributed by atoms with Crippen molar-refractivity contribution in [2.24, 2.45) is 0 Å². The average molecular weight is 401 g/mol. The number of aromatic nitrogens is 1. The highest BCUT2D eigenvalue weighted by atomic mass is 35.5. The van der Waals surface area contributed by atoms with E-state index in [9.17, 15) is 4.79 Å². The Bertz CT molecular complexity index is 914. The molecule has 0 aliphatic rings. The summed E-state index contributed by atoms with van der Waals surface area (Å²) in [6.07, 6.45) is 1.45. The van der Waals surface area contributed by atoms with Crippen LogP contribution in [0.25, 0.3) is 0 Å². The van der Waals surface area contributed by atoms with Gasteiger partial charge in [-0.1, -0.05) is 83.4 Å². The minimum absolute atomic E-state index is 0.0196. The van der Waals surface area contributed by atoms with Crippen molar-refractivity contribution in [3.05, 3.63) is 93.6 Å². The van der Waals surface area contributed by atoms with E-state index in [4.69, 9.17) is 23.2 Å². The Morgan fingerprint density at radius 3 is 2.41 bits per heavy atom. The van der Waals surface area contributed by atoms with E-state index in [-0.39, 0.29) is 18.5 Å². The second kappa shape index (κ2) is 9.00. The van der Waals surface area contributed by atoms with E-state index in [1.165, 1.54) is 11.8 Å². The van der Waals surface area contributed by atoms with E-state index in [1.807, 2.05) is 23.5 Å². The van der Waals surface area contributed by atoms with Gasteiger partial charge in [0.1, 0.15) is 6.04 Å². The zero-order valence-electron chi connectivity index (χ0n) is 14.8. The number of halogens is 2. The number of hydrogen-bond donors (Lipinski definition) is 2. The van der Waals surface area contributed by atoms with Gasteiger partial charge in [0.25, 0.3) is 5.91 Å². The lowest BCUT2D eigenvalue weighted by Gasteiger charge is -2.17. The maximum Gasteiger partial charge on any atom is 0.280 e. The Balaban J connectivity index is 1.72. The fourth-order valence-electron chi connectivity index (χ4n) is 2.81. The van der Waals surface area contributed by atoms with Crippen LogP contribution in [-0.2, 0) is 4.79 Å². The number of rotatable bonds is 6. The van der Waals surface area contributed by atoms with Crippen molar-refractivity contribution >= 4 is 34.9 Å². The Morgan fingerprint density at radius 2 is 1.74 bits per heavy atom. The SMILES string of the molecule is Cc1ccc([C@@H]([NH2+]CC(=O)Nc2ncc(Cl)cc2Cl)c2ccccc2)cc1. The summed E-state index contributed by atoms with van der Waals surface area (Å²) in [5.74, 6) is 0.130. The molecule has 0 fully saturated rings. The van der Waals surface area contributed by atoms with E-state index in [0.29, 0.717) is 15.9 Å². The molecule has 27 heavy (non-hydrogen) atoms. The number of pyridine rings is 1. The molecule has 0 saturated carbocycles. The van der Waals surface area contributed by atoms with Crippen molar-refractivity contribution in [3.8, 4) is 0 Å². The third kappa shape index (κ3) is 5.30. The standard InChI is InChI=1S/C21H19Cl2N3O/c1-14-7-9-16(10-8-14)20(15-5-3-2-4-6-15)24-13-19(27)26-21-18(23)11-17(22)12-25-21/h2-12,20,24H,13H2,1H3,(H,25,26,27)/p+1/t20-/m0/s1. The Morgan fingerprint density at radius 1 is 1.07 bits per heavy atom. The van der Waals surface area contributed by atoms with Gasteiger partial charge in [-0.25, -0.2) is 4.98 Å². The maximum absolute atomic E-state index is 12.4. The molecule has 2 aromatic carbocycles. The van der Waals surface area contributed by atoms with Crippen LogP contribution in [0.2, 0.25) is 10.0 Å². The molecule has 4 nitrogen and oxygen atoms in total. The number of anilines is 1. The number of aryl methyl sites for hydroxylation is 1. The van der Waals surface area contributed by atoms with E-state index >= 15 is 0 Å². The molecule has 1 aromatic heterocycles. The van der Waals surface area contributed by atoms with Crippen LogP contribution in [-0.4, -0.2) is 17.4 Å². The van der Waals surface area contributed by atoms with Crippen molar-refractivity contribution in [1.29, 1.82) is 0 Å². The van der Waals surface area contributed by atoms with Gasteiger partial charge in [-0.2, -0.15) is 0 Å². The number of carbonyl (C=O) groups excluding carboxylic acids is 1. The number of nitrogens with two attached hydrogens (primary N) is 1. The maximum atomic E-state index is 12.4. The third-order valence-corrected chi connectivity index (χ3v) is 4.69. The van der Waals surface area contributed by atoms with Gasteiger partial charge in [-0.3, -0.25) is 4.79 Å². The Hall–Kier alpha value is -2.40. The lowest BCUT2D eigenvalue weighted by atomic mass is 9.98. The van der Waals surface area contributed by atoms with E-state index < -0.39 is 0 Å². The van der Waals surface area contributed by atoms with Crippen molar-refractivity contribution < 1.29 is 10.1 Å². The lowest BCUT2D eigenvalue weighted by Crippen LogP contribution is -2.87. The molecule has 0 saturated heterocycles. The first-order valence-electron chi connectivity index (χ1n) is 8.58. The van der Waals surface area contributed by atoms with E-state index in [2.05, 4.69) is 53.6 Å². The number of nitrogens with one attached hydrogen (secondary N) is 1. The average Bonchev–Trinajstić information content (AvgIpc) is 2.66. The predicted octanol–water partition coefficient (Wildman–Crippen LogP) is 3.99. The minimum Gasteiger partial charge on any atom is -0.328 e. The van der Waals surface area contributed by atoms with E-state index in [1.54, 1.807) is 6.07 Å². The number of carbonyl (C=O) groups is 1. The van der Waals surface area contributed by atoms with Gasteiger partial charge in [0.05, 0.1) is 10.0 Å². The summed E-state index contributed by atoms with van der Waals surface area (Å²) in [6.45, 7) is 2.29. The number of amides is 1. The molecule has 1 amide bonds. The summed E-state index contributed by atoms with van der Waals surface area (Å²) < 4.78 is 0. The van der Waals surface area contributed by atoms with Crippen LogP contribution in [0.5, 0.6) is 0 Å². The van der Waals surface area contributed by atoms with Crippen molar-refractivity contribution in [1.82, 2.24) is 4.98 Å². The molecule has 0 aliphatic heterocycles. The molecule has 3 aromatic rings. The monoisotopic (exact) mass is 400 g/mol. The molecule has 3 rings (SSSR count). The molecule has 0 unspecified atom stereocenters. The summed E-state index contributed by atoms with van der Waals surface area (Å²) in [5.41, 5.74) is 3.48. The van der Waals surface area contributed by atoms with Crippen LogP contribution < -0.4 is 10.6 Å². The van der Waals surface area contributed by atoms with Crippen molar-refractivity contribution in [3.63, 3.8) is 0 Å². The van der Waals surface area contributed by atoms with Crippen LogP contribution in [0.15, 0.2) is 66.9 Å². The fraction of sp³-hybridized carbons (Fsp3) is 0.143.